The molecular weight excluding hydrogens is 445 g/mol. The summed E-state index contributed by atoms with van der Waals surface area (Å²) in [7, 11) is 0. The van der Waals surface area contributed by atoms with Gasteiger partial charge in [-0.15, -0.1) is 0 Å². The summed E-state index contributed by atoms with van der Waals surface area (Å²) in [6.45, 7) is 5.64. The van der Waals surface area contributed by atoms with E-state index in [-0.39, 0.29) is 5.69 Å². The Morgan fingerprint density at radius 1 is 1.09 bits per heavy atom. The first-order valence-corrected chi connectivity index (χ1v) is 11.5. The number of fused-ring (bicyclic) bond motifs is 3. The van der Waals surface area contributed by atoms with Gasteiger partial charge in [0.1, 0.15) is 17.4 Å². The van der Waals surface area contributed by atoms with Gasteiger partial charge in [-0.05, 0) is 68.0 Å². The molecule has 2 aliphatic rings. The fourth-order valence-electron chi connectivity index (χ4n) is 4.91. The van der Waals surface area contributed by atoms with Gasteiger partial charge in [0.05, 0.1) is 23.7 Å². The van der Waals surface area contributed by atoms with Crippen LogP contribution in [0.1, 0.15) is 59.8 Å². The SMILES string of the molecule is Cc1nc(N[C@H](C)c2cc(N)cc(C(F)(F)F)c2)c2cc(C3CCOCC3)c3c(c2n1)CCO3. The van der Waals surface area contributed by atoms with E-state index in [0.29, 0.717) is 42.9 Å². The third-order valence-electron chi connectivity index (χ3n) is 6.60. The molecule has 0 unspecified atom stereocenters. The predicted octanol–water partition coefficient (Wildman–Crippen LogP) is 5.54. The molecule has 1 aromatic heterocycles. The van der Waals surface area contributed by atoms with E-state index in [1.54, 1.807) is 13.0 Å². The molecule has 0 amide bonds. The number of alkyl halides is 3. The van der Waals surface area contributed by atoms with Crippen LogP contribution < -0.4 is 15.8 Å². The van der Waals surface area contributed by atoms with Gasteiger partial charge in [-0.1, -0.05) is 0 Å². The normalized spacial score (nSPS) is 17.4. The summed E-state index contributed by atoms with van der Waals surface area (Å²) in [6, 6.07) is 5.26. The third-order valence-corrected chi connectivity index (χ3v) is 6.60. The van der Waals surface area contributed by atoms with Gasteiger partial charge < -0.3 is 20.5 Å². The van der Waals surface area contributed by atoms with Crippen molar-refractivity contribution in [2.45, 2.75) is 51.2 Å². The monoisotopic (exact) mass is 472 g/mol. The summed E-state index contributed by atoms with van der Waals surface area (Å²) < 4.78 is 51.6. The lowest BCUT2D eigenvalue weighted by atomic mass is 9.88. The van der Waals surface area contributed by atoms with E-state index in [1.165, 1.54) is 0 Å². The topological polar surface area (TPSA) is 82.3 Å². The molecule has 0 aliphatic carbocycles. The quantitative estimate of drug-likeness (QED) is 0.485. The van der Waals surface area contributed by atoms with E-state index in [0.717, 1.165) is 59.2 Å². The second kappa shape index (κ2) is 8.61. The Labute approximate surface area is 195 Å². The molecule has 5 rings (SSSR count). The van der Waals surface area contributed by atoms with Crippen LogP contribution in [-0.4, -0.2) is 29.8 Å². The lowest BCUT2D eigenvalue weighted by molar-refractivity contribution is -0.137. The maximum atomic E-state index is 13.3. The molecule has 3 heterocycles. The van der Waals surface area contributed by atoms with Gasteiger partial charge in [0.25, 0.3) is 0 Å². The zero-order valence-corrected chi connectivity index (χ0v) is 19.1. The van der Waals surface area contributed by atoms with Crippen molar-refractivity contribution in [3.05, 3.63) is 52.3 Å². The summed E-state index contributed by atoms with van der Waals surface area (Å²) in [6.07, 6.45) is -1.88. The number of nitrogens with zero attached hydrogens (tertiary/aromatic N) is 2. The molecule has 1 fully saturated rings. The predicted molar refractivity (Wildman–Crippen MR) is 124 cm³/mol. The van der Waals surface area contributed by atoms with Gasteiger partial charge >= 0.3 is 6.18 Å². The third kappa shape index (κ3) is 4.24. The van der Waals surface area contributed by atoms with E-state index in [2.05, 4.69) is 16.4 Å². The summed E-state index contributed by atoms with van der Waals surface area (Å²) >= 11 is 0. The maximum absolute atomic E-state index is 13.3. The molecule has 0 saturated carbocycles. The number of anilines is 2. The van der Waals surface area contributed by atoms with Crippen LogP contribution in [0.15, 0.2) is 24.3 Å². The number of rotatable bonds is 4. The van der Waals surface area contributed by atoms with E-state index >= 15 is 0 Å². The highest BCUT2D eigenvalue weighted by Gasteiger charge is 2.32. The van der Waals surface area contributed by atoms with Crippen molar-refractivity contribution in [2.75, 3.05) is 30.9 Å². The second-order valence-corrected chi connectivity index (χ2v) is 9.03. The molecule has 0 radical (unpaired) electrons. The van der Waals surface area contributed by atoms with Crippen molar-refractivity contribution in [3.63, 3.8) is 0 Å². The maximum Gasteiger partial charge on any atom is 0.416 e. The molecule has 3 N–H and O–H groups in total. The number of aryl methyl sites for hydroxylation is 1. The van der Waals surface area contributed by atoms with Crippen LogP contribution >= 0.6 is 0 Å². The van der Waals surface area contributed by atoms with Gasteiger partial charge in [0.2, 0.25) is 0 Å². The highest BCUT2D eigenvalue weighted by Crippen LogP contribution is 2.44. The van der Waals surface area contributed by atoms with Crippen molar-refractivity contribution in [1.29, 1.82) is 0 Å². The lowest BCUT2D eigenvalue weighted by Crippen LogP contribution is -2.15. The first-order valence-electron chi connectivity index (χ1n) is 11.5. The largest absolute Gasteiger partial charge is 0.493 e. The molecule has 0 bridgehead atoms. The lowest BCUT2D eigenvalue weighted by Gasteiger charge is -2.25. The van der Waals surface area contributed by atoms with Gasteiger partial charge in [-0.3, -0.25) is 0 Å². The first-order chi connectivity index (χ1) is 16.2. The number of hydrogen-bond donors (Lipinski definition) is 2. The van der Waals surface area contributed by atoms with Gasteiger partial charge in [0.15, 0.2) is 0 Å². The molecule has 0 spiro atoms. The Morgan fingerprint density at radius 2 is 1.85 bits per heavy atom. The number of nitrogens with two attached hydrogens (primary N) is 1. The molecule has 1 atom stereocenters. The zero-order chi connectivity index (χ0) is 24.0. The molecule has 2 aromatic carbocycles. The van der Waals surface area contributed by atoms with Gasteiger partial charge in [-0.2, -0.15) is 13.2 Å². The fourth-order valence-corrected chi connectivity index (χ4v) is 4.91. The number of ether oxygens (including phenoxy) is 2. The van der Waals surface area contributed by atoms with Crippen molar-refractivity contribution in [2.24, 2.45) is 0 Å². The van der Waals surface area contributed by atoms with E-state index in [1.807, 2.05) is 6.92 Å². The van der Waals surface area contributed by atoms with Gasteiger partial charge in [-0.25, -0.2) is 9.97 Å². The summed E-state index contributed by atoms with van der Waals surface area (Å²) in [4.78, 5) is 9.34. The smallest absolute Gasteiger partial charge is 0.416 e. The molecule has 1 saturated heterocycles. The number of halogens is 3. The first kappa shape index (κ1) is 22.7. The molecule has 9 heteroatoms. The zero-order valence-electron chi connectivity index (χ0n) is 19.1. The van der Waals surface area contributed by atoms with Gasteiger partial charge in [0, 0.05) is 36.3 Å². The Bertz CT molecular complexity index is 1240. The minimum atomic E-state index is -4.47. The second-order valence-electron chi connectivity index (χ2n) is 9.03. The number of benzene rings is 2. The highest BCUT2D eigenvalue weighted by molar-refractivity contribution is 5.94. The van der Waals surface area contributed by atoms with E-state index < -0.39 is 17.8 Å². The number of nitrogen functional groups attached to an aromatic ring is 1. The van der Waals surface area contributed by atoms with Crippen LogP contribution in [0.3, 0.4) is 0 Å². The molecule has 180 valence electrons. The minimum Gasteiger partial charge on any atom is -0.493 e. The Kier molecular flexibility index (Phi) is 5.75. The van der Waals surface area contributed by atoms with Crippen molar-refractivity contribution >= 4 is 22.4 Å². The average molecular weight is 473 g/mol. The van der Waals surface area contributed by atoms with Crippen LogP contribution in [0.4, 0.5) is 24.7 Å². The Hall–Kier alpha value is -3.07. The standard InChI is InChI=1S/C25H27F3N4O2/c1-13(16-9-17(25(26,27)28)11-18(29)10-16)30-24-21-12-20(15-3-6-33-7-4-15)23-19(5-8-34-23)22(21)31-14(2)32-24/h9-13,15H,3-8,29H2,1-2H3,(H,30,31,32)/t13-/m1/s1. The Morgan fingerprint density at radius 3 is 2.59 bits per heavy atom. The summed E-state index contributed by atoms with van der Waals surface area (Å²) in [5.74, 6) is 2.41. The minimum absolute atomic E-state index is 0.0685. The van der Waals surface area contributed by atoms with E-state index in [9.17, 15) is 13.2 Å². The molecule has 2 aliphatic heterocycles. The summed E-state index contributed by atoms with van der Waals surface area (Å²) in [5, 5.41) is 4.18. The molecular formula is C25H27F3N4O2. The van der Waals surface area contributed by atoms with Crippen molar-refractivity contribution < 1.29 is 22.6 Å². The van der Waals surface area contributed by atoms with Crippen molar-refractivity contribution in [3.8, 4) is 5.75 Å². The molecule has 6 nitrogen and oxygen atoms in total. The van der Waals surface area contributed by atoms with Crippen LogP contribution in [0.25, 0.3) is 10.9 Å². The number of hydrogen-bond acceptors (Lipinski definition) is 6. The Balaban J connectivity index is 1.58. The van der Waals surface area contributed by atoms with Crippen LogP contribution in [0.2, 0.25) is 0 Å². The summed E-state index contributed by atoms with van der Waals surface area (Å²) in [5.41, 5.74) is 8.56. The number of aromatic nitrogens is 2. The number of nitrogens with one attached hydrogen (secondary N) is 1. The van der Waals surface area contributed by atoms with Crippen molar-refractivity contribution in [1.82, 2.24) is 9.97 Å². The van der Waals surface area contributed by atoms with Crippen LogP contribution in [0, 0.1) is 6.92 Å². The van der Waals surface area contributed by atoms with Crippen LogP contribution in [0.5, 0.6) is 5.75 Å². The molecule has 34 heavy (non-hydrogen) atoms. The fraction of sp³-hybridized carbons (Fsp3) is 0.440. The van der Waals surface area contributed by atoms with Crippen LogP contribution in [-0.2, 0) is 17.3 Å². The average Bonchev–Trinajstić information content (AvgIpc) is 3.28. The molecule has 3 aromatic rings. The van der Waals surface area contributed by atoms with E-state index in [4.69, 9.17) is 20.2 Å². The highest BCUT2D eigenvalue weighted by atomic mass is 19.4.